The maximum Gasteiger partial charge on any atom is 0.164 e. The molecule has 0 spiro atoms. The van der Waals surface area contributed by atoms with Gasteiger partial charge in [0.25, 0.3) is 0 Å². The second kappa shape index (κ2) is 5.70. The van der Waals surface area contributed by atoms with Crippen LogP contribution in [0.2, 0.25) is 4.34 Å². The number of anilines is 1. The second-order valence-corrected chi connectivity index (χ2v) is 5.88. The first-order valence-corrected chi connectivity index (χ1v) is 7.16. The minimum absolute atomic E-state index is 0.345. The Morgan fingerprint density at radius 1 is 1.25 bits per heavy atom. The topological polar surface area (TPSA) is 70.9 Å². The molecule has 2 N–H and O–H groups in total. The molecule has 3 aromatic heterocycles. The molecule has 102 valence electrons. The maximum atomic E-state index is 10.1. The Morgan fingerprint density at radius 3 is 2.95 bits per heavy atom. The molecule has 0 aliphatic rings. The van der Waals surface area contributed by atoms with Crippen molar-refractivity contribution in [3.63, 3.8) is 0 Å². The van der Waals surface area contributed by atoms with E-state index in [4.69, 9.17) is 11.6 Å². The minimum Gasteiger partial charge on any atom is -0.386 e. The highest BCUT2D eigenvalue weighted by atomic mass is 35.5. The van der Waals surface area contributed by atoms with E-state index < -0.39 is 6.10 Å². The lowest BCUT2D eigenvalue weighted by Crippen LogP contribution is -2.12. The number of rotatable bonds is 4. The first-order chi connectivity index (χ1) is 9.74. The Morgan fingerprint density at radius 2 is 2.15 bits per heavy atom. The van der Waals surface area contributed by atoms with Crippen molar-refractivity contribution >= 4 is 39.8 Å². The summed E-state index contributed by atoms with van der Waals surface area (Å²) in [6, 6.07) is 7.30. The second-order valence-electron chi connectivity index (χ2n) is 4.14. The van der Waals surface area contributed by atoms with Gasteiger partial charge in [-0.05, 0) is 24.3 Å². The van der Waals surface area contributed by atoms with Crippen LogP contribution in [0.15, 0.2) is 36.8 Å². The van der Waals surface area contributed by atoms with Gasteiger partial charge >= 0.3 is 0 Å². The van der Waals surface area contributed by atoms with E-state index in [1.165, 1.54) is 17.7 Å². The van der Waals surface area contributed by atoms with E-state index >= 15 is 0 Å². The fourth-order valence-corrected chi connectivity index (χ4v) is 2.88. The molecule has 1 atom stereocenters. The molecule has 0 bridgehead atoms. The van der Waals surface area contributed by atoms with Crippen molar-refractivity contribution in [3.8, 4) is 0 Å². The third-order valence-corrected chi connectivity index (χ3v) is 4.13. The van der Waals surface area contributed by atoms with Crippen LogP contribution in [-0.4, -0.2) is 26.6 Å². The normalized spacial score (nSPS) is 12.5. The van der Waals surface area contributed by atoms with Crippen LogP contribution >= 0.6 is 22.9 Å². The van der Waals surface area contributed by atoms with Crippen LogP contribution in [0.5, 0.6) is 0 Å². The van der Waals surface area contributed by atoms with Gasteiger partial charge in [0.1, 0.15) is 18.2 Å². The molecule has 0 saturated heterocycles. The van der Waals surface area contributed by atoms with Gasteiger partial charge < -0.3 is 10.4 Å². The number of hydrogen-bond donors (Lipinski definition) is 2. The Bertz CT molecular complexity index is 728. The summed E-state index contributed by atoms with van der Waals surface area (Å²) in [5, 5.41) is 14.0. The SMILES string of the molecule is OC(CNc1ncnc2ncccc12)c1ccc(Cl)s1. The number of nitrogens with one attached hydrogen (secondary N) is 1. The number of nitrogens with zero attached hydrogens (tertiary/aromatic N) is 3. The summed E-state index contributed by atoms with van der Waals surface area (Å²) >= 11 is 7.22. The number of hydrogen-bond acceptors (Lipinski definition) is 6. The van der Waals surface area contributed by atoms with Crippen molar-refractivity contribution in [2.24, 2.45) is 0 Å². The first-order valence-electron chi connectivity index (χ1n) is 5.97. The predicted molar refractivity (Wildman–Crippen MR) is 80.1 cm³/mol. The molecule has 0 saturated carbocycles. The Hall–Kier alpha value is -1.76. The number of aliphatic hydroxyl groups excluding tert-OH is 1. The monoisotopic (exact) mass is 306 g/mol. The average molecular weight is 307 g/mol. The number of thiophene rings is 1. The smallest absolute Gasteiger partial charge is 0.164 e. The van der Waals surface area contributed by atoms with Crippen LogP contribution in [0, 0.1) is 0 Å². The van der Waals surface area contributed by atoms with Gasteiger partial charge in [-0.25, -0.2) is 15.0 Å². The van der Waals surface area contributed by atoms with Crippen molar-refractivity contribution in [3.05, 3.63) is 46.0 Å². The Balaban J connectivity index is 1.77. The van der Waals surface area contributed by atoms with Gasteiger partial charge in [-0.1, -0.05) is 11.6 Å². The average Bonchev–Trinajstić information content (AvgIpc) is 2.91. The van der Waals surface area contributed by atoms with Crippen molar-refractivity contribution in [1.82, 2.24) is 15.0 Å². The minimum atomic E-state index is -0.630. The summed E-state index contributed by atoms with van der Waals surface area (Å²) in [4.78, 5) is 13.3. The summed E-state index contributed by atoms with van der Waals surface area (Å²) in [5.41, 5.74) is 0.624. The molecule has 3 heterocycles. The van der Waals surface area contributed by atoms with Gasteiger partial charge in [-0.15, -0.1) is 11.3 Å². The van der Waals surface area contributed by atoms with Crippen LogP contribution in [0.1, 0.15) is 11.0 Å². The zero-order valence-corrected chi connectivity index (χ0v) is 11.9. The van der Waals surface area contributed by atoms with E-state index in [1.807, 2.05) is 18.2 Å². The summed E-state index contributed by atoms with van der Waals surface area (Å²) in [6.07, 6.45) is 2.50. The molecule has 0 radical (unpaired) electrons. The van der Waals surface area contributed by atoms with Crippen molar-refractivity contribution in [1.29, 1.82) is 0 Å². The van der Waals surface area contributed by atoms with Crippen molar-refractivity contribution < 1.29 is 5.11 Å². The van der Waals surface area contributed by atoms with Crippen LogP contribution in [0.4, 0.5) is 5.82 Å². The molecule has 0 amide bonds. The fraction of sp³-hybridized carbons (Fsp3) is 0.154. The number of aromatic nitrogens is 3. The van der Waals surface area contributed by atoms with E-state index in [0.29, 0.717) is 22.3 Å². The van der Waals surface area contributed by atoms with Gasteiger partial charge in [-0.2, -0.15) is 0 Å². The third-order valence-electron chi connectivity index (χ3n) is 2.79. The molecular weight excluding hydrogens is 296 g/mol. The standard InChI is InChI=1S/C13H11ClN4OS/c14-11-4-3-10(20-11)9(19)6-16-13-8-2-1-5-15-12(8)17-7-18-13/h1-5,7,9,19H,6H2,(H,15,16,17,18). The number of pyridine rings is 1. The lowest BCUT2D eigenvalue weighted by molar-refractivity contribution is 0.195. The predicted octanol–water partition coefficient (Wildman–Crippen LogP) is 2.89. The van der Waals surface area contributed by atoms with Gasteiger partial charge in [0, 0.05) is 17.6 Å². The van der Waals surface area contributed by atoms with Crippen LogP contribution in [0.25, 0.3) is 11.0 Å². The molecule has 0 aliphatic carbocycles. The number of halogens is 1. The van der Waals surface area contributed by atoms with E-state index in [9.17, 15) is 5.11 Å². The van der Waals surface area contributed by atoms with Crippen molar-refractivity contribution in [2.75, 3.05) is 11.9 Å². The summed E-state index contributed by atoms with van der Waals surface area (Å²) in [5.74, 6) is 0.657. The highest BCUT2D eigenvalue weighted by Gasteiger charge is 2.11. The zero-order chi connectivity index (χ0) is 13.9. The summed E-state index contributed by atoms with van der Waals surface area (Å²) < 4.78 is 0.663. The molecule has 0 aromatic carbocycles. The summed E-state index contributed by atoms with van der Waals surface area (Å²) in [6.45, 7) is 0.345. The Labute approximate surface area is 124 Å². The van der Waals surface area contributed by atoms with Gasteiger partial charge in [-0.3, -0.25) is 0 Å². The molecule has 3 rings (SSSR count). The number of aliphatic hydroxyl groups is 1. The van der Waals surface area contributed by atoms with Gasteiger partial charge in [0.2, 0.25) is 0 Å². The molecule has 0 aliphatic heterocycles. The lowest BCUT2D eigenvalue weighted by Gasteiger charge is -2.11. The van der Waals surface area contributed by atoms with E-state index in [0.717, 1.165) is 10.3 Å². The third kappa shape index (κ3) is 2.72. The molecule has 0 fully saturated rings. The quantitative estimate of drug-likeness (QED) is 0.775. The fourth-order valence-electron chi connectivity index (χ4n) is 1.84. The van der Waals surface area contributed by atoms with Gasteiger partial charge in [0.05, 0.1) is 9.72 Å². The molecular formula is C13H11ClN4OS. The first kappa shape index (κ1) is 13.2. The zero-order valence-electron chi connectivity index (χ0n) is 10.3. The molecule has 3 aromatic rings. The lowest BCUT2D eigenvalue weighted by atomic mass is 10.2. The largest absolute Gasteiger partial charge is 0.386 e. The maximum absolute atomic E-state index is 10.1. The van der Waals surface area contributed by atoms with E-state index in [-0.39, 0.29) is 0 Å². The summed E-state index contributed by atoms with van der Waals surface area (Å²) in [7, 11) is 0. The van der Waals surface area contributed by atoms with Crippen LogP contribution < -0.4 is 5.32 Å². The van der Waals surface area contributed by atoms with E-state index in [2.05, 4.69) is 20.3 Å². The van der Waals surface area contributed by atoms with Crippen molar-refractivity contribution in [2.45, 2.75) is 6.10 Å². The molecule has 7 heteroatoms. The molecule has 1 unspecified atom stereocenters. The molecule has 5 nitrogen and oxygen atoms in total. The van der Waals surface area contributed by atoms with E-state index in [1.54, 1.807) is 12.3 Å². The number of fused-ring (bicyclic) bond motifs is 1. The molecule has 20 heavy (non-hydrogen) atoms. The Kier molecular flexibility index (Phi) is 3.77. The highest BCUT2D eigenvalue weighted by Crippen LogP contribution is 2.27. The van der Waals surface area contributed by atoms with Gasteiger partial charge in [0.15, 0.2) is 5.65 Å². The van der Waals surface area contributed by atoms with Crippen LogP contribution in [-0.2, 0) is 0 Å². The highest BCUT2D eigenvalue weighted by molar-refractivity contribution is 7.16. The van der Waals surface area contributed by atoms with Crippen LogP contribution in [0.3, 0.4) is 0 Å².